The van der Waals surface area contributed by atoms with Crippen molar-refractivity contribution in [3.05, 3.63) is 48.0 Å². The van der Waals surface area contributed by atoms with Crippen LogP contribution in [-0.4, -0.2) is 25.8 Å². The van der Waals surface area contributed by atoms with Crippen LogP contribution in [0.2, 0.25) is 0 Å². The Morgan fingerprint density at radius 2 is 2.05 bits per heavy atom. The fraction of sp³-hybridized carbons (Fsp3) is 0.308. The van der Waals surface area contributed by atoms with Crippen LogP contribution in [0.15, 0.2) is 36.9 Å². The number of halogens is 3. The van der Waals surface area contributed by atoms with Gasteiger partial charge in [0.25, 0.3) is 0 Å². The Hall–Kier alpha value is -1.85. The second kappa shape index (κ2) is 6.74. The van der Waals surface area contributed by atoms with Crippen LogP contribution in [0.3, 0.4) is 0 Å². The summed E-state index contributed by atoms with van der Waals surface area (Å²) >= 11 is 0. The molecule has 0 atom stereocenters. The number of hydrogen-bond acceptors (Lipinski definition) is 3. The molecular formula is C13H13F3N2O2S. The van der Waals surface area contributed by atoms with E-state index in [-0.39, 0.29) is 18.7 Å². The average Bonchev–Trinajstić information content (AvgIpc) is 2.37. The first-order valence-corrected chi connectivity index (χ1v) is 7.43. The zero-order chi connectivity index (χ0) is 16.1. The number of alkyl halides is 3. The van der Waals surface area contributed by atoms with Crippen LogP contribution < -0.4 is 0 Å². The lowest BCUT2D eigenvalue weighted by molar-refractivity contribution is -0.137. The van der Waals surface area contributed by atoms with Gasteiger partial charge in [0.1, 0.15) is 6.54 Å². The van der Waals surface area contributed by atoms with Crippen molar-refractivity contribution < 1.29 is 21.6 Å². The second-order valence-corrected chi connectivity index (χ2v) is 6.16. The molecule has 114 valence electrons. The second-order valence-electron chi connectivity index (χ2n) is 4.19. The fourth-order valence-electron chi connectivity index (χ4n) is 1.64. The van der Waals surface area contributed by atoms with E-state index in [4.69, 9.17) is 5.26 Å². The quantitative estimate of drug-likeness (QED) is 0.598. The molecule has 0 fully saturated rings. The standard InChI is InChI=1S/C13H13F3N2O2S/c1-2-7-18(8-6-17)21(19,20)10-11-4-3-5-12(9-11)13(14,15)16/h2-5,9H,1,7-8,10H2. The lowest BCUT2D eigenvalue weighted by Crippen LogP contribution is -2.32. The van der Waals surface area contributed by atoms with Crippen molar-refractivity contribution in [2.24, 2.45) is 0 Å². The molecule has 8 heteroatoms. The van der Waals surface area contributed by atoms with Crippen LogP contribution in [0.4, 0.5) is 13.2 Å². The summed E-state index contributed by atoms with van der Waals surface area (Å²) in [6, 6.07) is 5.80. The highest BCUT2D eigenvalue weighted by Gasteiger charge is 2.31. The minimum absolute atomic E-state index is 0.0110. The van der Waals surface area contributed by atoms with E-state index >= 15 is 0 Å². The topological polar surface area (TPSA) is 61.2 Å². The lowest BCUT2D eigenvalue weighted by atomic mass is 10.1. The lowest BCUT2D eigenvalue weighted by Gasteiger charge is -2.17. The summed E-state index contributed by atoms with van der Waals surface area (Å²) in [7, 11) is -3.89. The fourth-order valence-corrected chi connectivity index (χ4v) is 3.01. The maximum atomic E-state index is 12.6. The highest BCUT2D eigenvalue weighted by atomic mass is 32.2. The Kier molecular flexibility index (Phi) is 5.52. The van der Waals surface area contributed by atoms with Crippen LogP contribution in [0.5, 0.6) is 0 Å². The molecular weight excluding hydrogens is 305 g/mol. The Bertz CT molecular complexity index is 648. The molecule has 0 aromatic heterocycles. The van der Waals surface area contributed by atoms with Gasteiger partial charge < -0.3 is 0 Å². The zero-order valence-corrected chi connectivity index (χ0v) is 11.8. The molecule has 0 aliphatic heterocycles. The maximum absolute atomic E-state index is 12.6. The van der Waals surface area contributed by atoms with E-state index in [1.807, 2.05) is 0 Å². The molecule has 0 unspecified atom stereocenters. The van der Waals surface area contributed by atoms with Crippen molar-refractivity contribution in [1.82, 2.24) is 4.31 Å². The molecule has 0 aliphatic rings. The van der Waals surface area contributed by atoms with Gasteiger partial charge in [-0.2, -0.15) is 22.7 Å². The number of hydrogen-bond donors (Lipinski definition) is 0. The van der Waals surface area contributed by atoms with Crippen LogP contribution in [0, 0.1) is 11.3 Å². The van der Waals surface area contributed by atoms with Gasteiger partial charge in [0.15, 0.2) is 0 Å². The first-order valence-electron chi connectivity index (χ1n) is 5.82. The van der Waals surface area contributed by atoms with Crippen LogP contribution in [0.25, 0.3) is 0 Å². The molecule has 0 amide bonds. The van der Waals surface area contributed by atoms with Gasteiger partial charge in [-0.15, -0.1) is 6.58 Å². The van der Waals surface area contributed by atoms with Gasteiger partial charge in [0.05, 0.1) is 17.4 Å². The third-order valence-electron chi connectivity index (χ3n) is 2.58. The normalized spacial score (nSPS) is 12.1. The molecule has 0 aliphatic carbocycles. The highest BCUT2D eigenvalue weighted by molar-refractivity contribution is 7.88. The van der Waals surface area contributed by atoms with Crippen molar-refractivity contribution in [2.75, 3.05) is 13.1 Å². The van der Waals surface area contributed by atoms with Crippen LogP contribution in [-0.2, 0) is 22.0 Å². The molecule has 1 aromatic carbocycles. The van der Waals surface area contributed by atoms with Crippen LogP contribution >= 0.6 is 0 Å². The molecule has 0 bridgehead atoms. The minimum Gasteiger partial charge on any atom is -0.212 e. The molecule has 1 aromatic rings. The first kappa shape index (κ1) is 17.2. The summed E-state index contributed by atoms with van der Waals surface area (Å²) < 4.78 is 62.8. The van der Waals surface area contributed by atoms with E-state index in [9.17, 15) is 21.6 Å². The third-order valence-corrected chi connectivity index (χ3v) is 4.34. The van der Waals surface area contributed by atoms with E-state index in [1.165, 1.54) is 12.1 Å². The van der Waals surface area contributed by atoms with Gasteiger partial charge in [-0.3, -0.25) is 0 Å². The molecule has 21 heavy (non-hydrogen) atoms. The van der Waals surface area contributed by atoms with Crippen molar-refractivity contribution in [3.63, 3.8) is 0 Å². The van der Waals surface area contributed by atoms with Gasteiger partial charge in [-0.05, 0) is 11.6 Å². The van der Waals surface area contributed by atoms with E-state index in [0.717, 1.165) is 22.5 Å². The van der Waals surface area contributed by atoms with E-state index in [0.29, 0.717) is 0 Å². The van der Waals surface area contributed by atoms with Gasteiger partial charge in [0.2, 0.25) is 10.0 Å². The van der Waals surface area contributed by atoms with Gasteiger partial charge >= 0.3 is 6.18 Å². The summed E-state index contributed by atoms with van der Waals surface area (Å²) in [5.74, 6) is -0.605. The van der Waals surface area contributed by atoms with E-state index in [2.05, 4.69) is 6.58 Å². The molecule has 0 saturated heterocycles. The van der Waals surface area contributed by atoms with Gasteiger partial charge in [-0.1, -0.05) is 24.3 Å². The molecule has 0 N–H and O–H groups in total. The molecule has 1 rings (SSSR count). The van der Waals surface area contributed by atoms with Gasteiger partial charge in [-0.25, -0.2) is 8.42 Å². The van der Waals surface area contributed by atoms with Gasteiger partial charge in [0, 0.05) is 6.54 Å². The SMILES string of the molecule is C=CCN(CC#N)S(=O)(=O)Cc1cccc(C(F)(F)F)c1. The smallest absolute Gasteiger partial charge is 0.212 e. The Balaban J connectivity index is 3.04. The van der Waals surface area contributed by atoms with Crippen molar-refractivity contribution in [2.45, 2.75) is 11.9 Å². The summed E-state index contributed by atoms with van der Waals surface area (Å²) in [6.45, 7) is 2.93. The Labute approximate surface area is 121 Å². The largest absolute Gasteiger partial charge is 0.416 e. The van der Waals surface area contributed by atoms with E-state index in [1.54, 1.807) is 6.07 Å². The summed E-state index contributed by atoms with van der Waals surface area (Å²) in [4.78, 5) is 0. The average molecular weight is 318 g/mol. The zero-order valence-electron chi connectivity index (χ0n) is 11.0. The molecule has 0 radical (unpaired) electrons. The Morgan fingerprint density at radius 1 is 1.38 bits per heavy atom. The third kappa shape index (κ3) is 4.88. The maximum Gasteiger partial charge on any atom is 0.416 e. The number of sulfonamides is 1. The first-order chi connectivity index (χ1) is 9.70. The summed E-state index contributed by atoms with van der Waals surface area (Å²) in [5.41, 5.74) is -0.900. The molecule has 4 nitrogen and oxygen atoms in total. The number of benzene rings is 1. The van der Waals surface area contributed by atoms with E-state index < -0.39 is 27.5 Å². The number of nitriles is 1. The highest BCUT2D eigenvalue weighted by Crippen LogP contribution is 2.30. The van der Waals surface area contributed by atoms with Crippen molar-refractivity contribution >= 4 is 10.0 Å². The van der Waals surface area contributed by atoms with Crippen LogP contribution in [0.1, 0.15) is 11.1 Å². The number of rotatable bonds is 6. The number of nitrogens with zero attached hydrogens (tertiary/aromatic N) is 2. The summed E-state index contributed by atoms with van der Waals surface area (Å²) in [6.07, 6.45) is -3.23. The predicted octanol–water partition coefficient (Wildman–Crippen LogP) is 2.55. The molecule has 0 heterocycles. The summed E-state index contributed by atoms with van der Waals surface area (Å²) in [5, 5.41) is 8.60. The monoisotopic (exact) mass is 318 g/mol. The molecule has 0 spiro atoms. The predicted molar refractivity (Wildman–Crippen MR) is 71.5 cm³/mol. The van der Waals surface area contributed by atoms with Crippen molar-refractivity contribution in [1.29, 1.82) is 5.26 Å². The minimum atomic E-state index is -4.53. The van der Waals surface area contributed by atoms with Crippen molar-refractivity contribution in [3.8, 4) is 6.07 Å². The molecule has 0 saturated carbocycles. The Morgan fingerprint density at radius 3 is 2.57 bits per heavy atom.